The van der Waals surface area contributed by atoms with Gasteiger partial charge in [0.1, 0.15) is 11.9 Å². The number of nitrogens with one attached hydrogen (secondary N) is 3. The Morgan fingerprint density at radius 3 is 2.53 bits per heavy atom. The molecule has 1 aliphatic heterocycles. The number of benzene rings is 1. The third kappa shape index (κ3) is 13.1. The Morgan fingerprint density at radius 2 is 1.81 bits per heavy atom. The summed E-state index contributed by atoms with van der Waals surface area (Å²) in [5.74, 6) is -0.976. The first-order chi connectivity index (χ1) is 27.4. The van der Waals surface area contributed by atoms with Crippen molar-refractivity contribution in [3.63, 3.8) is 0 Å². The number of hydrogen-bond acceptors (Lipinski definition) is 9. The van der Waals surface area contributed by atoms with E-state index in [1.165, 1.54) is 13.3 Å². The first-order valence-electron chi connectivity index (χ1n) is 21.1. The largest absolute Gasteiger partial charge is 0.462 e. The third-order valence-corrected chi connectivity index (χ3v) is 11.5. The summed E-state index contributed by atoms with van der Waals surface area (Å²) >= 11 is 0. The molecular weight excluding hydrogens is 725 g/mol. The van der Waals surface area contributed by atoms with E-state index in [9.17, 15) is 29.4 Å². The average Bonchev–Trinajstić information content (AvgIpc) is 3.75. The van der Waals surface area contributed by atoms with Gasteiger partial charge in [-0.2, -0.15) is 0 Å². The number of amides is 2. The number of rotatable bonds is 23. The topological polar surface area (TPSA) is 170 Å². The van der Waals surface area contributed by atoms with Crippen molar-refractivity contribution in [2.75, 3.05) is 31.5 Å². The molecule has 4 rings (SSSR count). The maximum Gasteiger partial charge on any atom is 0.311 e. The van der Waals surface area contributed by atoms with E-state index < -0.39 is 12.2 Å². The van der Waals surface area contributed by atoms with Crippen molar-refractivity contribution in [2.45, 2.75) is 137 Å². The normalized spacial score (nSPS) is 20.3. The SMILES string of the molecule is CCCCCC[C@H](O)CC[C@@H]1[C@@H](C/C=C\CCCC(=O)Oc2ccc3c(c2)/C(=C/c2[nH]c(C)c(C(=O)NCCN(CC)CC)c2C)C(=O)N3)[C@@H](O)C[C@H]1OC(C)=O. The Balaban J connectivity index is 1.29. The standard InChI is InChI=1S/C45H66N4O8/c1-7-10-11-14-17-32(51)20-22-35-34(40(52)28-41(35)56-31(6)50)18-15-12-13-16-19-42(53)57-33-21-23-38-36(26-33)37(44(54)48-38)27-39-29(4)43(30(5)47-39)45(55)46-24-25-49(8-2)9-3/h12,15,21,23,26-27,32,34-35,40-41,47,51-52H,7-11,13-14,16-20,22,24-25,28H2,1-6H3,(H,46,55)(H,48,54)/b15-12-,37-27-/t32-,34+,35+,40-,41+/m0/s1. The summed E-state index contributed by atoms with van der Waals surface area (Å²) in [7, 11) is 0. The summed E-state index contributed by atoms with van der Waals surface area (Å²) in [6.07, 6.45) is 13.3. The number of unbranched alkanes of at least 4 members (excludes halogenated alkanes) is 4. The Labute approximate surface area is 338 Å². The lowest BCUT2D eigenvalue weighted by atomic mass is 9.85. The number of esters is 2. The summed E-state index contributed by atoms with van der Waals surface area (Å²) in [4.78, 5) is 56.3. The van der Waals surface area contributed by atoms with E-state index in [0.29, 0.717) is 84.6 Å². The quantitative estimate of drug-likeness (QED) is 0.0256. The van der Waals surface area contributed by atoms with E-state index in [4.69, 9.17) is 9.47 Å². The molecule has 1 aliphatic carbocycles. The maximum atomic E-state index is 13.1. The number of nitrogens with zero attached hydrogens (tertiary/aromatic N) is 1. The van der Waals surface area contributed by atoms with Gasteiger partial charge in [-0.15, -0.1) is 0 Å². The number of aromatic amines is 1. The van der Waals surface area contributed by atoms with Crippen molar-refractivity contribution < 1.29 is 38.9 Å². The van der Waals surface area contributed by atoms with Crippen LogP contribution in [0.5, 0.6) is 5.75 Å². The van der Waals surface area contributed by atoms with Gasteiger partial charge in [-0.3, -0.25) is 19.2 Å². The van der Waals surface area contributed by atoms with Gasteiger partial charge in [-0.25, -0.2) is 0 Å². The van der Waals surface area contributed by atoms with Gasteiger partial charge in [-0.1, -0.05) is 58.6 Å². The summed E-state index contributed by atoms with van der Waals surface area (Å²) in [5.41, 5.74) is 4.29. The highest BCUT2D eigenvalue weighted by Crippen LogP contribution is 2.41. The van der Waals surface area contributed by atoms with Crippen molar-refractivity contribution in [3.05, 3.63) is 58.4 Å². The molecule has 0 unspecified atom stereocenters. The first-order valence-corrected chi connectivity index (χ1v) is 21.1. The number of ether oxygens (including phenoxy) is 2. The van der Waals surface area contributed by atoms with Crippen LogP contribution >= 0.6 is 0 Å². The highest BCUT2D eigenvalue weighted by Gasteiger charge is 2.43. The number of H-pyrrole nitrogens is 1. The van der Waals surface area contributed by atoms with Gasteiger partial charge in [0.05, 0.1) is 23.3 Å². The van der Waals surface area contributed by atoms with E-state index >= 15 is 0 Å². The molecule has 5 atom stereocenters. The fourth-order valence-corrected chi connectivity index (χ4v) is 8.22. The third-order valence-electron chi connectivity index (χ3n) is 11.5. The van der Waals surface area contributed by atoms with Crippen LogP contribution < -0.4 is 15.4 Å². The fraction of sp³-hybridized carbons (Fsp3) is 0.600. The van der Waals surface area contributed by atoms with Crippen molar-refractivity contribution in [1.29, 1.82) is 0 Å². The van der Waals surface area contributed by atoms with Crippen LogP contribution in [0, 0.1) is 25.7 Å². The highest BCUT2D eigenvalue weighted by molar-refractivity contribution is 6.35. The molecule has 12 heteroatoms. The second-order valence-electron chi connectivity index (χ2n) is 15.6. The second kappa shape index (κ2) is 22.6. The van der Waals surface area contributed by atoms with E-state index in [1.54, 1.807) is 24.3 Å². The number of aliphatic hydroxyl groups excluding tert-OH is 2. The number of anilines is 1. The molecule has 0 radical (unpaired) electrons. The van der Waals surface area contributed by atoms with Gasteiger partial charge in [0.25, 0.3) is 11.8 Å². The lowest BCUT2D eigenvalue weighted by Gasteiger charge is -2.25. The van der Waals surface area contributed by atoms with Crippen LogP contribution in [0.1, 0.15) is 138 Å². The highest BCUT2D eigenvalue weighted by atomic mass is 16.5. The number of aryl methyl sites for hydroxylation is 1. The minimum absolute atomic E-state index is 0.0328. The Morgan fingerprint density at radius 1 is 1.04 bits per heavy atom. The van der Waals surface area contributed by atoms with Crippen molar-refractivity contribution >= 4 is 41.1 Å². The molecule has 57 heavy (non-hydrogen) atoms. The predicted molar refractivity (Wildman–Crippen MR) is 224 cm³/mol. The molecule has 2 aromatic rings. The minimum Gasteiger partial charge on any atom is -0.462 e. The molecule has 1 fully saturated rings. The Bertz CT molecular complexity index is 1730. The molecule has 314 valence electrons. The van der Waals surface area contributed by atoms with E-state index in [1.807, 2.05) is 26.0 Å². The molecule has 5 N–H and O–H groups in total. The van der Waals surface area contributed by atoms with Crippen molar-refractivity contribution in [2.24, 2.45) is 11.8 Å². The number of carbonyl (C=O) groups excluding carboxylic acids is 4. The monoisotopic (exact) mass is 790 g/mol. The molecule has 2 amide bonds. The van der Waals surface area contributed by atoms with Gasteiger partial charge in [0.15, 0.2) is 0 Å². The molecule has 1 aromatic heterocycles. The molecule has 12 nitrogen and oxygen atoms in total. The molecule has 0 saturated heterocycles. The molecule has 2 aliphatic rings. The van der Waals surface area contributed by atoms with Crippen LogP contribution in [0.25, 0.3) is 11.6 Å². The van der Waals surface area contributed by atoms with Crippen LogP contribution in [0.4, 0.5) is 5.69 Å². The number of allylic oxidation sites excluding steroid dienone is 2. The fourth-order valence-electron chi connectivity index (χ4n) is 8.22. The number of likely N-dealkylation sites (N-methyl/N-ethyl adjacent to an activating group) is 1. The molecular formula is C45H66N4O8. The summed E-state index contributed by atoms with van der Waals surface area (Å²) in [6.45, 7) is 14.6. The van der Waals surface area contributed by atoms with Gasteiger partial charge < -0.3 is 40.2 Å². The van der Waals surface area contributed by atoms with E-state index in [0.717, 1.165) is 50.9 Å². The average molecular weight is 791 g/mol. The minimum atomic E-state index is -0.596. The predicted octanol–water partition coefficient (Wildman–Crippen LogP) is 7.26. The number of aliphatic hydroxyl groups is 2. The van der Waals surface area contributed by atoms with Crippen molar-refractivity contribution in [1.82, 2.24) is 15.2 Å². The maximum absolute atomic E-state index is 13.1. The van der Waals surface area contributed by atoms with Gasteiger partial charge in [0, 0.05) is 61.4 Å². The lowest BCUT2D eigenvalue weighted by Crippen LogP contribution is -2.35. The first kappa shape index (κ1) is 45.4. The van der Waals surface area contributed by atoms with Crippen LogP contribution in [-0.2, 0) is 19.1 Å². The van der Waals surface area contributed by atoms with Crippen LogP contribution in [-0.4, -0.2) is 88.3 Å². The molecule has 0 bridgehead atoms. The zero-order chi connectivity index (χ0) is 41.5. The van der Waals surface area contributed by atoms with Crippen LogP contribution in [0.3, 0.4) is 0 Å². The molecule has 1 aromatic carbocycles. The summed E-state index contributed by atoms with van der Waals surface area (Å²) < 4.78 is 11.3. The molecule has 2 heterocycles. The molecule has 1 saturated carbocycles. The second-order valence-corrected chi connectivity index (χ2v) is 15.6. The smallest absolute Gasteiger partial charge is 0.311 e. The van der Waals surface area contributed by atoms with Gasteiger partial charge in [0.2, 0.25) is 0 Å². The van der Waals surface area contributed by atoms with Crippen molar-refractivity contribution in [3.8, 4) is 5.75 Å². The zero-order valence-electron chi connectivity index (χ0n) is 35.0. The Hall–Kier alpha value is -4.26. The number of fused-ring (bicyclic) bond motifs is 1. The van der Waals surface area contributed by atoms with E-state index in [2.05, 4.69) is 41.3 Å². The summed E-state index contributed by atoms with van der Waals surface area (Å²) in [5, 5.41) is 27.4. The van der Waals surface area contributed by atoms with Gasteiger partial charge in [-0.05, 0) is 101 Å². The zero-order valence-corrected chi connectivity index (χ0v) is 35.0. The Kier molecular flexibility index (Phi) is 18.0. The number of hydrogen-bond donors (Lipinski definition) is 5. The van der Waals surface area contributed by atoms with Gasteiger partial charge >= 0.3 is 11.9 Å². The lowest BCUT2D eigenvalue weighted by molar-refractivity contribution is -0.148. The summed E-state index contributed by atoms with van der Waals surface area (Å²) in [6, 6.07) is 5.05. The van der Waals surface area contributed by atoms with Crippen LogP contribution in [0.15, 0.2) is 30.4 Å². The number of aromatic nitrogens is 1. The molecule has 0 spiro atoms. The van der Waals surface area contributed by atoms with E-state index in [-0.39, 0.29) is 48.1 Å². The number of carbonyl (C=O) groups is 4. The van der Waals surface area contributed by atoms with Crippen LogP contribution in [0.2, 0.25) is 0 Å².